The van der Waals surface area contributed by atoms with Gasteiger partial charge >= 0.3 is 0 Å². The molecule has 3 heteroatoms. The second-order valence-corrected chi connectivity index (χ2v) is 5.06. The quantitative estimate of drug-likeness (QED) is 0.658. The molecule has 0 saturated carbocycles. The Balaban J connectivity index is 2.16. The highest BCUT2D eigenvalue weighted by Crippen LogP contribution is 2.27. The minimum absolute atomic E-state index is 0.724. The van der Waals surface area contributed by atoms with E-state index in [0.29, 0.717) is 0 Å². The van der Waals surface area contributed by atoms with E-state index >= 15 is 0 Å². The van der Waals surface area contributed by atoms with E-state index in [1.54, 1.807) is 0 Å². The average Bonchev–Trinajstić information content (AvgIpc) is 2.78. The van der Waals surface area contributed by atoms with Crippen LogP contribution < -0.4 is 5.32 Å². The van der Waals surface area contributed by atoms with E-state index in [1.807, 2.05) is 24.3 Å². The molecule has 1 heterocycles. The molecule has 1 aromatic heterocycles. The summed E-state index contributed by atoms with van der Waals surface area (Å²) in [4.78, 5) is 0. The van der Waals surface area contributed by atoms with Gasteiger partial charge in [-0.15, -0.1) is 6.58 Å². The van der Waals surface area contributed by atoms with E-state index < -0.39 is 0 Å². The van der Waals surface area contributed by atoms with Gasteiger partial charge < -0.3 is 9.73 Å². The molecule has 1 aromatic carbocycles. The maximum atomic E-state index is 5.82. The maximum Gasteiger partial charge on any atom is 0.134 e. The van der Waals surface area contributed by atoms with E-state index in [1.165, 1.54) is 5.56 Å². The van der Waals surface area contributed by atoms with Gasteiger partial charge in [0.1, 0.15) is 11.5 Å². The molecule has 0 aliphatic carbocycles. The van der Waals surface area contributed by atoms with Crippen LogP contribution in [0.1, 0.15) is 11.3 Å². The predicted octanol–water partition coefficient (Wildman–Crippen LogP) is 4.29. The third-order valence-corrected chi connectivity index (χ3v) is 3.20. The van der Waals surface area contributed by atoms with Crippen molar-refractivity contribution in [3.05, 3.63) is 58.8 Å². The summed E-state index contributed by atoms with van der Waals surface area (Å²) in [7, 11) is 0. The van der Waals surface area contributed by atoms with E-state index in [2.05, 4.69) is 46.9 Å². The lowest BCUT2D eigenvalue weighted by molar-refractivity contribution is 0.501. The fourth-order valence-electron chi connectivity index (χ4n) is 1.82. The van der Waals surface area contributed by atoms with Crippen LogP contribution in [-0.4, -0.2) is 6.54 Å². The molecule has 2 aromatic rings. The van der Waals surface area contributed by atoms with Crippen LogP contribution in [0, 0.1) is 6.92 Å². The molecule has 18 heavy (non-hydrogen) atoms. The van der Waals surface area contributed by atoms with Gasteiger partial charge in [0.15, 0.2) is 0 Å². The first-order valence-electron chi connectivity index (χ1n) is 5.87. The number of benzene rings is 1. The molecule has 0 unspecified atom stereocenters. The highest BCUT2D eigenvalue weighted by Gasteiger charge is 2.07. The number of rotatable bonds is 5. The van der Waals surface area contributed by atoms with Crippen molar-refractivity contribution in [3.63, 3.8) is 0 Å². The molecule has 0 atom stereocenters. The first kappa shape index (κ1) is 13.1. The van der Waals surface area contributed by atoms with E-state index in [4.69, 9.17) is 4.42 Å². The Morgan fingerprint density at radius 3 is 2.89 bits per heavy atom. The van der Waals surface area contributed by atoms with Gasteiger partial charge in [0.05, 0.1) is 6.54 Å². The maximum absolute atomic E-state index is 5.82. The molecule has 1 N–H and O–H groups in total. The molecule has 0 amide bonds. The van der Waals surface area contributed by atoms with E-state index in [0.717, 1.165) is 34.6 Å². The standard InChI is InChI=1S/C15H16BrNO/c1-3-8-17-10-13-5-7-15(18-13)14-6-4-12(16)9-11(14)2/h3-7,9,17H,1,8,10H2,2H3. The average molecular weight is 306 g/mol. The highest BCUT2D eigenvalue weighted by atomic mass is 79.9. The van der Waals surface area contributed by atoms with Crippen LogP contribution in [0.4, 0.5) is 0 Å². The topological polar surface area (TPSA) is 25.2 Å². The Morgan fingerprint density at radius 1 is 1.33 bits per heavy atom. The molecule has 0 saturated heterocycles. The van der Waals surface area contributed by atoms with Crippen molar-refractivity contribution in [1.82, 2.24) is 5.32 Å². The lowest BCUT2D eigenvalue weighted by atomic mass is 10.1. The van der Waals surface area contributed by atoms with E-state index in [9.17, 15) is 0 Å². The SMILES string of the molecule is C=CCNCc1ccc(-c2ccc(Br)cc2C)o1. The van der Waals surface area contributed by atoms with Crippen molar-refractivity contribution in [3.8, 4) is 11.3 Å². The normalized spacial score (nSPS) is 10.6. The van der Waals surface area contributed by atoms with Crippen molar-refractivity contribution in [2.45, 2.75) is 13.5 Å². The number of hydrogen-bond donors (Lipinski definition) is 1. The molecule has 2 rings (SSSR count). The summed E-state index contributed by atoms with van der Waals surface area (Å²) >= 11 is 3.47. The van der Waals surface area contributed by atoms with Gasteiger partial charge in [-0.2, -0.15) is 0 Å². The van der Waals surface area contributed by atoms with E-state index in [-0.39, 0.29) is 0 Å². The monoisotopic (exact) mass is 305 g/mol. The molecule has 0 fully saturated rings. The third kappa shape index (κ3) is 3.12. The van der Waals surface area contributed by atoms with Crippen molar-refractivity contribution < 1.29 is 4.42 Å². The van der Waals surface area contributed by atoms with Gasteiger partial charge in [-0.05, 0) is 42.8 Å². The molecule has 0 bridgehead atoms. The first-order chi connectivity index (χ1) is 8.70. The molecule has 0 radical (unpaired) electrons. The zero-order valence-corrected chi connectivity index (χ0v) is 12.0. The fourth-order valence-corrected chi connectivity index (χ4v) is 2.29. The van der Waals surface area contributed by atoms with Gasteiger partial charge in [0.2, 0.25) is 0 Å². The van der Waals surface area contributed by atoms with Gasteiger partial charge in [-0.3, -0.25) is 0 Å². The Morgan fingerprint density at radius 2 is 2.17 bits per heavy atom. The molecule has 2 nitrogen and oxygen atoms in total. The van der Waals surface area contributed by atoms with Crippen LogP contribution >= 0.6 is 15.9 Å². The Hall–Kier alpha value is -1.32. The minimum Gasteiger partial charge on any atom is -0.460 e. The number of halogens is 1. The molecular formula is C15H16BrNO. The number of aryl methyl sites for hydroxylation is 1. The third-order valence-electron chi connectivity index (χ3n) is 2.70. The summed E-state index contributed by atoms with van der Waals surface area (Å²) in [6.45, 7) is 7.26. The second-order valence-electron chi connectivity index (χ2n) is 4.14. The summed E-state index contributed by atoms with van der Waals surface area (Å²) in [5.74, 6) is 1.85. The van der Waals surface area contributed by atoms with Crippen LogP contribution in [0.3, 0.4) is 0 Å². The van der Waals surface area contributed by atoms with Gasteiger partial charge in [-0.25, -0.2) is 0 Å². The molecule has 94 valence electrons. The Kier molecular flexibility index (Phi) is 4.39. The van der Waals surface area contributed by atoms with Crippen molar-refractivity contribution in [2.75, 3.05) is 6.54 Å². The van der Waals surface area contributed by atoms with Crippen LogP contribution in [0.15, 0.2) is 51.9 Å². The fraction of sp³-hybridized carbons (Fsp3) is 0.200. The summed E-state index contributed by atoms with van der Waals surface area (Å²) in [5, 5.41) is 3.22. The van der Waals surface area contributed by atoms with Gasteiger partial charge in [0, 0.05) is 16.6 Å². The van der Waals surface area contributed by atoms with Crippen LogP contribution in [0.2, 0.25) is 0 Å². The predicted molar refractivity (Wildman–Crippen MR) is 78.5 cm³/mol. The number of furan rings is 1. The Labute approximate surface area is 116 Å². The lowest BCUT2D eigenvalue weighted by Crippen LogP contribution is -2.11. The molecule has 0 spiro atoms. The molecule has 0 aliphatic heterocycles. The van der Waals surface area contributed by atoms with Crippen LogP contribution in [-0.2, 0) is 6.54 Å². The van der Waals surface area contributed by atoms with Crippen molar-refractivity contribution >= 4 is 15.9 Å². The van der Waals surface area contributed by atoms with Crippen molar-refractivity contribution in [1.29, 1.82) is 0 Å². The summed E-state index contributed by atoms with van der Waals surface area (Å²) in [5.41, 5.74) is 2.33. The van der Waals surface area contributed by atoms with Crippen molar-refractivity contribution in [2.24, 2.45) is 0 Å². The molecular weight excluding hydrogens is 290 g/mol. The zero-order chi connectivity index (χ0) is 13.0. The minimum atomic E-state index is 0.724. The zero-order valence-electron chi connectivity index (χ0n) is 10.4. The highest BCUT2D eigenvalue weighted by molar-refractivity contribution is 9.10. The second kappa shape index (κ2) is 6.03. The summed E-state index contributed by atoms with van der Waals surface area (Å²) < 4.78 is 6.91. The van der Waals surface area contributed by atoms with Crippen LogP contribution in [0.25, 0.3) is 11.3 Å². The van der Waals surface area contributed by atoms with Crippen LogP contribution in [0.5, 0.6) is 0 Å². The molecule has 0 aliphatic rings. The smallest absolute Gasteiger partial charge is 0.134 e. The van der Waals surface area contributed by atoms with Gasteiger partial charge in [0.25, 0.3) is 0 Å². The lowest BCUT2D eigenvalue weighted by Gasteiger charge is -2.03. The van der Waals surface area contributed by atoms with Gasteiger partial charge in [-0.1, -0.05) is 22.0 Å². The Bertz CT molecular complexity index is 545. The number of hydrogen-bond acceptors (Lipinski definition) is 2. The first-order valence-corrected chi connectivity index (χ1v) is 6.67. The number of nitrogens with one attached hydrogen (secondary N) is 1. The summed E-state index contributed by atoms with van der Waals surface area (Å²) in [6, 6.07) is 10.2. The largest absolute Gasteiger partial charge is 0.460 e. The summed E-state index contributed by atoms with van der Waals surface area (Å²) in [6.07, 6.45) is 1.84.